The minimum absolute atomic E-state index is 0.0838. The molecule has 0 aliphatic heterocycles. The highest BCUT2D eigenvalue weighted by Gasteiger charge is 2.17. The Hall–Kier alpha value is -4.79. The van der Waals surface area contributed by atoms with Crippen molar-refractivity contribution in [2.45, 2.75) is 13.8 Å². The number of nitrogens with one attached hydrogen (secondary N) is 2. The van der Waals surface area contributed by atoms with Crippen LogP contribution >= 0.6 is 0 Å². The molecule has 2 amide bonds. The first-order valence-corrected chi connectivity index (χ1v) is 10.1. The second-order valence-corrected chi connectivity index (χ2v) is 6.97. The zero-order valence-electron chi connectivity index (χ0n) is 18.4. The average Bonchev–Trinajstić information content (AvgIpc) is 2.80. The molecule has 34 heavy (non-hydrogen) atoms. The Morgan fingerprint density at radius 1 is 0.794 bits per heavy atom. The van der Waals surface area contributed by atoms with Gasteiger partial charge in [-0.15, -0.1) is 0 Å². The quantitative estimate of drug-likeness (QED) is 0.241. The van der Waals surface area contributed by atoms with E-state index in [4.69, 9.17) is 9.47 Å². The summed E-state index contributed by atoms with van der Waals surface area (Å²) in [5.74, 6) is -1.67. The number of esters is 2. The highest BCUT2D eigenvalue weighted by molar-refractivity contribution is 5.97. The summed E-state index contributed by atoms with van der Waals surface area (Å²) in [6.07, 6.45) is 1.34. The Labute approximate surface area is 195 Å². The number of para-hydroxylation sites is 2. The van der Waals surface area contributed by atoms with Crippen LogP contribution in [0.3, 0.4) is 0 Å². The summed E-state index contributed by atoms with van der Waals surface area (Å²) < 4.78 is 10.5. The Kier molecular flexibility index (Phi) is 7.85. The number of amides is 2. The molecular formula is C25H21N3O6. The molecule has 3 rings (SSSR count). The fraction of sp³-hybridized carbons (Fsp3) is 0.0800. The SMILES string of the molecule is CC(=O)Nc1ccc(C(=O)NN=Cc2ccccc2OC(=O)c2ccccc2OC(C)=O)cc1. The molecule has 0 unspecified atom stereocenters. The fourth-order valence-corrected chi connectivity index (χ4v) is 2.85. The van der Waals surface area contributed by atoms with E-state index in [1.807, 2.05) is 0 Å². The molecule has 172 valence electrons. The lowest BCUT2D eigenvalue weighted by Crippen LogP contribution is -2.18. The van der Waals surface area contributed by atoms with E-state index < -0.39 is 17.8 Å². The maximum absolute atomic E-state index is 12.7. The van der Waals surface area contributed by atoms with Crippen molar-refractivity contribution in [1.29, 1.82) is 0 Å². The van der Waals surface area contributed by atoms with E-state index in [1.54, 1.807) is 60.7 Å². The lowest BCUT2D eigenvalue weighted by Gasteiger charge is -2.10. The van der Waals surface area contributed by atoms with Crippen LogP contribution in [-0.2, 0) is 9.59 Å². The van der Waals surface area contributed by atoms with Crippen molar-refractivity contribution in [2.75, 3.05) is 5.32 Å². The minimum Gasteiger partial charge on any atom is -0.426 e. The molecule has 0 saturated heterocycles. The van der Waals surface area contributed by atoms with Crippen LogP contribution in [0.25, 0.3) is 0 Å². The van der Waals surface area contributed by atoms with Gasteiger partial charge in [0.1, 0.15) is 17.1 Å². The predicted molar refractivity (Wildman–Crippen MR) is 125 cm³/mol. The molecular weight excluding hydrogens is 438 g/mol. The normalized spacial score (nSPS) is 10.4. The molecule has 3 aromatic rings. The van der Waals surface area contributed by atoms with E-state index in [-0.39, 0.29) is 23.0 Å². The van der Waals surface area contributed by atoms with Gasteiger partial charge >= 0.3 is 11.9 Å². The van der Waals surface area contributed by atoms with E-state index in [9.17, 15) is 19.2 Å². The van der Waals surface area contributed by atoms with Crippen molar-refractivity contribution < 1.29 is 28.7 Å². The van der Waals surface area contributed by atoms with Gasteiger partial charge in [0.05, 0.1) is 6.21 Å². The number of benzene rings is 3. The number of ether oxygens (including phenoxy) is 2. The van der Waals surface area contributed by atoms with Crippen LogP contribution < -0.4 is 20.2 Å². The van der Waals surface area contributed by atoms with Gasteiger partial charge in [0.15, 0.2) is 0 Å². The average molecular weight is 459 g/mol. The Morgan fingerprint density at radius 2 is 1.44 bits per heavy atom. The summed E-state index contributed by atoms with van der Waals surface area (Å²) in [7, 11) is 0. The number of rotatable bonds is 7. The highest BCUT2D eigenvalue weighted by Crippen LogP contribution is 2.23. The number of carbonyl (C=O) groups is 4. The van der Waals surface area contributed by atoms with Gasteiger partial charge in [-0.1, -0.05) is 24.3 Å². The van der Waals surface area contributed by atoms with Gasteiger partial charge in [-0.25, -0.2) is 10.2 Å². The van der Waals surface area contributed by atoms with Gasteiger partial charge in [-0.05, 0) is 48.5 Å². The van der Waals surface area contributed by atoms with Crippen molar-refractivity contribution in [2.24, 2.45) is 5.10 Å². The van der Waals surface area contributed by atoms with Crippen molar-refractivity contribution in [3.8, 4) is 11.5 Å². The van der Waals surface area contributed by atoms with Gasteiger partial charge in [0.2, 0.25) is 5.91 Å². The second-order valence-electron chi connectivity index (χ2n) is 6.97. The van der Waals surface area contributed by atoms with E-state index in [1.165, 1.54) is 32.2 Å². The number of nitrogens with zero attached hydrogens (tertiary/aromatic N) is 1. The molecule has 9 heteroatoms. The predicted octanol–water partition coefficient (Wildman–Crippen LogP) is 3.55. The van der Waals surface area contributed by atoms with E-state index >= 15 is 0 Å². The zero-order valence-corrected chi connectivity index (χ0v) is 18.4. The summed E-state index contributed by atoms with van der Waals surface area (Å²) in [4.78, 5) is 47.4. The third kappa shape index (κ3) is 6.60. The zero-order chi connectivity index (χ0) is 24.5. The van der Waals surface area contributed by atoms with Gasteiger partial charge in [0, 0.05) is 30.7 Å². The standard InChI is InChI=1S/C25H21N3O6/c1-16(29)27-20-13-11-18(12-14-20)24(31)28-26-15-19-7-3-5-9-22(19)34-25(32)21-8-4-6-10-23(21)33-17(2)30/h3-15H,1-2H3,(H,27,29)(H,28,31). The van der Waals surface area contributed by atoms with E-state index in [0.29, 0.717) is 16.8 Å². The number of hydrogen-bond donors (Lipinski definition) is 2. The first-order valence-electron chi connectivity index (χ1n) is 10.1. The van der Waals surface area contributed by atoms with Crippen molar-refractivity contribution in [3.05, 3.63) is 89.5 Å². The molecule has 0 saturated carbocycles. The first-order chi connectivity index (χ1) is 16.3. The Balaban J connectivity index is 1.69. The minimum atomic E-state index is -0.721. The number of anilines is 1. The van der Waals surface area contributed by atoms with Gasteiger partial charge < -0.3 is 14.8 Å². The second kappa shape index (κ2) is 11.2. The monoisotopic (exact) mass is 459 g/mol. The third-order valence-corrected chi connectivity index (χ3v) is 4.32. The summed E-state index contributed by atoms with van der Waals surface area (Å²) in [6, 6.07) is 19.1. The lowest BCUT2D eigenvalue weighted by molar-refractivity contribution is -0.131. The fourth-order valence-electron chi connectivity index (χ4n) is 2.85. The lowest BCUT2D eigenvalue weighted by atomic mass is 10.2. The molecule has 0 atom stereocenters. The van der Waals surface area contributed by atoms with Crippen LogP contribution in [0.5, 0.6) is 11.5 Å². The van der Waals surface area contributed by atoms with Crippen LogP contribution in [0.1, 0.15) is 40.1 Å². The Bertz CT molecular complexity index is 1250. The maximum atomic E-state index is 12.7. The number of hydrazone groups is 1. The molecule has 9 nitrogen and oxygen atoms in total. The van der Waals surface area contributed by atoms with Gasteiger partial charge in [-0.2, -0.15) is 5.10 Å². The smallest absolute Gasteiger partial charge is 0.347 e. The largest absolute Gasteiger partial charge is 0.426 e. The molecule has 0 aliphatic rings. The van der Waals surface area contributed by atoms with Gasteiger partial charge in [0.25, 0.3) is 5.91 Å². The van der Waals surface area contributed by atoms with Crippen LogP contribution in [0.15, 0.2) is 77.9 Å². The molecule has 0 fully saturated rings. The van der Waals surface area contributed by atoms with E-state index in [2.05, 4.69) is 15.8 Å². The molecule has 0 spiro atoms. The van der Waals surface area contributed by atoms with Crippen LogP contribution in [0.2, 0.25) is 0 Å². The number of hydrogen-bond acceptors (Lipinski definition) is 7. The molecule has 0 aliphatic carbocycles. The molecule has 0 bridgehead atoms. The van der Waals surface area contributed by atoms with Crippen molar-refractivity contribution >= 4 is 35.7 Å². The third-order valence-electron chi connectivity index (χ3n) is 4.32. The van der Waals surface area contributed by atoms with E-state index in [0.717, 1.165) is 0 Å². The van der Waals surface area contributed by atoms with Crippen LogP contribution in [0.4, 0.5) is 5.69 Å². The molecule has 0 heterocycles. The van der Waals surface area contributed by atoms with Crippen LogP contribution in [0, 0.1) is 0 Å². The summed E-state index contributed by atoms with van der Waals surface area (Å²) in [6.45, 7) is 2.63. The first kappa shape index (κ1) is 23.9. The molecule has 0 aromatic heterocycles. The molecule has 2 N–H and O–H groups in total. The Morgan fingerprint density at radius 3 is 2.12 bits per heavy atom. The van der Waals surface area contributed by atoms with Crippen LogP contribution in [-0.4, -0.2) is 30.0 Å². The summed E-state index contributed by atoms with van der Waals surface area (Å²) in [5, 5.41) is 6.55. The van der Waals surface area contributed by atoms with Gasteiger partial charge in [-0.3, -0.25) is 14.4 Å². The topological polar surface area (TPSA) is 123 Å². The summed E-state index contributed by atoms with van der Waals surface area (Å²) >= 11 is 0. The molecule has 3 aromatic carbocycles. The number of carbonyl (C=O) groups excluding carboxylic acids is 4. The molecule has 0 radical (unpaired) electrons. The van der Waals surface area contributed by atoms with Crippen molar-refractivity contribution in [3.63, 3.8) is 0 Å². The summed E-state index contributed by atoms with van der Waals surface area (Å²) in [5.41, 5.74) is 3.82. The maximum Gasteiger partial charge on any atom is 0.347 e. The van der Waals surface area contributed by atoms with Crippen molar-refractivity contribution in [1.82, 2.24) is 5.43 Å². The highest BCUT2D eigenvalue weighted by atomic mass is 16.5.